The largest absolute Gasteiger partial charge is 0.472 e. The van der Waals surface area contributed by atoms with E-state index in [0.29, 0.717) is 12.8 Å². The molecule has 3 atom stereocenters. The predicted octanol–water partition coefficient (Wildman–Crippen LogP) is 2.09. The number of aliphatic hydroxyl groups is 2. The molecule has 3 unspecified atom stereocenters. The van der Waals surface area contributed by atoms with Gasteiger partial charge in [0.2, 0.25) is 0 Å². The molecule has 0 rings (SSSR count). The third-order valence-electron chi connectivity index (χ3n) is 3.76. The van der Waals surface area contributed by atoms with Crippen molar-refractivity contribution < 1.29 is 47.8 Å². The summed E-state index contributed by atoms with van der Waals surface area (Å²) in [5, 5.41) is 17.9. The lowest BCUT2D eigenvalue weighted by Crippen LogP contribution is -2.29. The molecule has 0 radical (unpaired) electrons. The number of unbranched alkanes of at least 4 members (excludes halogenated alkanes) is 4. The van der Waals surface area contributed by atoms with Crippen molar-refractivity contribution in [1.82, 2.24) is 0 Å². The van der Waals surface area contributed by atoms with Crippen LogP contribution in [0.2, 0.25) is 0 Å². The van der Waals surface area contributed by atoms with Crippen LogP contribution in [-0.2, 0) is 32.7 Å². The van der Waals surface area contributed by atoms with Crippen LogP contribution in [0.25, 0.3) is 0 Å². The van der Waals surface area contributed by atoms with E-state index in [1.807, 2.05) is 13.8 Å². The van der Waals surface area contributed by atoms with E-state index in [9.17, 15) is 19.0 Å². The first-order valence-corrected chi connectivity index (χ1v) is 11.5. The van der Waals surface area contributed by atoms with Gasteiger partial charge < -0.3 is 24.6 Å². The Balaban J connectivity index is 4.62. The normalized spacial score (nSPS) is 15.3. The van der Waals surface area contributed by atoms with E-state index in [0.717, 1.165) is 25.7 Å². The smallest absolute Gasteiger partial charge is 0.462 e. The minimum Gasteiger partial charge on any atom is -0.462 e. The van der Waals surface area contributed by atoms with E-state index >= 15 is 0 Å². The third-order valence-corrected chi connectivity index (χ3v) is 4.71. The Labute approximate surface area is 172 Å². The summed E-state index contributed by atoms with van der Waals surface area (Å²) < 4.78 is 31.4. The first-order valence-electron chi connectivity index (χ1n) is 9.99. The van der Waals surface area contributed by atoms with Gasteiger partial charge >= 0.3 is 19.8 Å². The number of hydrogen-bond acceptors (Lipinski definition) is 9. The highest BCUT2D eigenvalue weighted by Gasteiger charge is 2.27. The first kappa shape index (κ1) is 28.0. The van der Waals surface area contributed by atoms with E-state index in [1.54, 1.807) is 0 Å². The number of esters is 2. The van der Waals surface area contributed by atoms with Crippen LogP contribution < -0.4 is 0 Å². The minimum absolute atomic E-state index is 0.171. The van der Waals surface area contributed by atoms with Gasteiger partial charge in [0.25, 0.3) is 0 Å². The molecule has 0 spiro atoms. The quantitative estimate of drug-likeness (QED) is 0.164. The van der Waals surface area contributed by atoms with Crippen LogP contribution in [0.5, 0.6) is 0 Å². The van der Waals surface area contributed by atoms with Crippen molar-refractivity contribution in [3.63, 3.8) is 0 Å². The highest BCUT2D eigenvalue weighted by Crippen LogP contribution is 2.43. The summed E-state index contributed by atoms with van der Waals surface area (Å²) in [7, 11) is -4.55. The lowest BCUT2D eigenvalue weighted by atomic mass is 10.2. The Morgan fingerprint density at radius 3 is 2.00 bits per heavy atom. The maximum absolute atomic E-state index is 11.9. The average molecular weight is 442 g/mol. The lowest BCUT2D eigenvalue weighted by Gasteiger charge is -2.20. The van der Waals surface area contributed by atoms with Crippen molar-refractivity contribution >= 4 is 19.8 Å². The lowest BCUT2D eigenvalue weighted by molar-refractivity contribution is -0.161. The fourth-order valence-electron chi connectivity index (χ4n) is 2.11. The van der Waals surface area contributed by atoms with Gasteiger partial charge in [-0.25, -0.2) is 4.57 Å². The van der Waals surface area contributed by atoms with Crippen LogP contribution in [0.4, 0.5) is 0 Å². The highest BCUT2D eigenvalue weighted by molar-refractivity contribution is 7.47. The van der Waals surface area contributed by atoms with Crippen LogP contribution >= 0.6 is 7.82 Å². The second-order valence-corrected chi connectivity index (χ2v) is 8.06. The molecule has 0 aliphatic carbocycles. The van der Waals surface area contributed by atoms with Crippen molar-refractivity contribution in [2.45, 2.75) is 77.4 Å². The monoisotopic (exact) mass is 442 g/mol. The van der Waals surface area contributed by atoms with Gasteiger partial charge in [-0.3, -0.25) is 18.6 Å². The van der Waals surface area contributed by atoms with Crippen molar-refractivity contribution in [1.29, 1.82) is 0 Å². The molecule has 0 bridgehead atoms. The summed E-state index contributed by atoms with van der Waals surface area (Å²) in [5.41, 5.74) is 0. The van der Waals surface area contributed by atoms with Crippen molar-refractivity contribution in [2.75, 3.05) is 26.4 Å². The number of phosphoric acid groups is 1. The molecule has 29 heavy (non-hydrogen) atoms. The molecule has 0 aromatic carbocycles. The summed E-state index contributed by atoms with van der Waals surface area (Å²) in [5.74, 6) is -0.988. The molecular weight excluding hydrogens is 407 g/mol. The maximum atomic E-state index is 11.9. The molecule has 0 aliphatic rings. The van der Waals surface area contributed by atoms with E-state index in [4.69, 9.17) is 24.2 Å². The van der Waals surface area contributed by atoms with Crippen molar-refractivity contribution in [3.8, 4) is 0 Å². The summed E-state index contributed by atoms with van der Waals surface area (Å²) >= 11 is 0. The van der Waals surface area contributed by atoms with Gasteiger partial charge in [-0.15, -0.1) is 0 Å². The van der Waals surface area contributed by atoms with Crippen molar-refractivity contribution in [2.24, 2.45) is 0 Å². The van der Waals surface area contributed by atoms with Crippen LogP contribution in [0.1, 0.15) is 65.2 Å². The van der Waals surface area contributed by atoms with E-state index in [-0.39, 0.29) is 19.4 Å². The summed E-state index contributed by atoms with van der Waals surface area (Å²) in [4.78, 5) is 33.3. The molecular formula is C18H35O10P. The van der Waals surface area contributed by atoms with Gasteiger partial charge in [0.1, 0.15) is 12.7 Å². The number of carbonyl (C=O) groups excluding carboxylic acids is 2. The zero-order valence-electron chi connectivity index (χ0n) is 17.3. The highest BCUT2D eigenvalue weighted by atomic mass is 31.2. The molecule has 11 heteroatoms. The maximum Gasteiger partial charge on any atom is 0.472 e. The van der Waals surface area contributed by atoms with Crippen LogP contribution in [0, 0.1) is 0 Å². The van der Waals surface area contributed by atoms with Gasteiger partial charge in [0.15, 0.2) is 6.10 Å². The first-order chi connectivity index (χ1) is 13.7. The Bertz CT molecular complexity index is 499. The fraction of sp³-hybridized carbons (Fsp3) is 0.889. The van der Waals surface area contributed by atoms with E-state index < -0.39 is 51.8 Å². The van der Waals surface area contributed by atoms with E-state index in [1.165, 1.54) is 0 Å². The number of aliphatic hydroxyl groups excluding tert-OH is 2. The molecule has 0 heterocycles. The summed E-state index contributed by atoms with van der Waals surface area (Å²) in [6.45, 7) is 1.89. The molecule has 0 amide bonds. The molecule has 172 valence electrons. The second-order valence-electron chi connectivity index (χ2n) is 6.61. The summed E-state index contributed by atoms with van der Waals surface area (Å²) in [6, 6.07) is 0. The van der Waals surface area contributed by atoms with Crippen LogP contribution in [0.15, 0.2) is 0 Å². The number of rotatable bonds is 18. The molecule has 0 fully saturated rings. The number of hydrogen-bond donors (Lipinski definition) is 3. The van der Waals surface area contributed by atoms with Gasteiger partial charge in [-0.05, 0) is 12.8 Å². The Hall–Kier alpha value is -1.03. The molecule has 10 nitrogen and oxygen atoms in total. The number of ether oxygens (including phenoxy) is 2. The van der Waals surface area contributed by atoms with E-state index in [2.05, 4.69) is 4.52 Å². The Kier molecular flexibility index (Phi) is 16.1. The average Bonchev–Trinajstić information content (AvgIpc) is 2.68. The molecule has 0 saturated heterocycles. The van der Waals surface area contributed by atoms with Gasteiger partial charge in [-0.2, -0.15) is 0 Å². The van der Waals surface area contributed by atoms with Crippen molar-refractivity contribution in [3.05, 3.63) is 0 Å². The van der Waals surface area contributed by atoms with Crippen LogP contribution in [-0.4, -0.2) is 65.7 Å². The number of carbonyl (C=O) groups is 2. The van der Waals surface area contributed by atoms with Gasteiger partial charge in [-0.1, -0.05) is 39.5 Å². The van der Waals surface area contributed by atoms with Gasteiger partial charge in [0, 0.05) is 12.8 Å². The van der Waals surface area contributed by atoms with Gasteiger partial charge in [0.05, 0.1) is 19.8 Å². The number of phosphoric ester groups is 1. The Morgan fingerprint density at radius 1 is 0.897 bits per heavy atom. The topological polar surface area (TPSA) is 149 Å². The molecule has 0 aromatic rings. The molecule has 3 N–H and O–H groups in total. The fourth-order valence-corrected chi connectivity index (χ4v) is 2.89. The molecule has 0 aliphatic heterocycles. The van der Waals surface area contributed by atoms with Crippen LogP contribution in [0.3, 0.4) is 0 Å². The minimum atomic E-state index is -4.55. The molecule has 0 aromatic heterocycles. The molecule has 0 saturated carbocycles. The zero-order chi connectivity index (χ0) is 22.1. The Morgan fingerprint density at radius 2 is 1.45 bits per heavy atom. The predicted molar refractivity (Wildman–Crippen MR) is 104 cm³/mol. The third kappa shape index (κ3) is 16.5. The zero-order valence-corrected chi connectivity index (χ0v) is 18.2. The summed E-state index contributed by atoms with van der Waals surface area (Å²) in [6.07, 6.45) is 2.93. The standard InChI is InChI=1S/C18H35O10P/c1-3-5-7-9-17(21)25-13-16(28-18(22)10-8-6-4-2)14-27-29(23,24)26-12-15(20)11-19/h15-16,19-20H,3-14H2,1-2H3,(H,23,24). The second kappa shape index (κ2) is 16.7. The SMILES string of the molecule is CCCCCC(=O)OCC(COP(=O)(O)OCC(O)CO)OC(=O)CCCCC.